The van der Waals surface area contributed by atoms with Crippen LogP contribution in [0.25, 0.3) is 0 Å². The molecule has 0 aliphatic carbocycles. The second-order valence-corrected chi connectivity index (χ2v) is 9.10. The van der Waals surface area contributed by atoms with Gasteiger partial charge in [0.15, 0.2) is 0 Å². The smallest absolute Gasteiger partial charge is 0.263 e. The number of rotatable bonds is 1. The number of carbonyl (C=O) groups excluding carboxylic acids is 3. The van der Waals surface area contributed by atoms with Gasteiger partial charge in [-0.1, -0.05) is 5.21 Å². The minimum absolute atomic E-state index is 0.0198. The van der Waals surface area contributed by atoms with Crippen molar-refractivity contribution in [1.29, 1.82) is 0 Å². The molecule has 186 valence electrons. The van der Waals surface area contributed by atoms with E-state index in [4.69, 9.17) is 0 Å². The lowest BCUT2D eigenvalue weighted by Gasteiger charge is -2.22. The van der Waals surface area contributed by atoms with E-state index in [1.54, 1.807) is 58.3 Å². The van der Waals surface area contributed by atoms with Gasteiger partial charge in [0.05, 0.1) is 24.3 Å². The maximum atomic E-state index is 13.1. The van der Waals surface area contributed by atoms with E-state index >= 15 is 0 Å². The summed E-state index contributed by atoms with van der Waals surface area (Å²) in [6.07, 6.45) is 6.67. The number of likely N-dealkylation sites (N-methyl/N-ethyl adjacent to an activating group) is 1. The summed E-state index contributed by atoms with van der Waals surface area (Å²) in [7, 11) is 1.67. The minimum atomic E-state index is -0.494. The molecule has 0 spiro atoms. The van der Waals surface area contributed by atoms with Crippen molar-refractivity contribution in [2.45, 2.75) is 19.0 Å². The zero-order chi connectivity index (χ0) is 25.2. The highest BCUT2D eigenvalue weighted by Crippen LogP contribution is 2.31. The lowest BCUT2D eigenvalue weighted by atomic mass is 9.99. The molecule has 2 aliphatic heterocycles. The van der Waals surface area contributed by atoms with Gasteiger partial charge in [0, 0.05) is 64.2 Å². The summed E-state index contributed by atoms with van der Waals surface area (Å²) in [5.41, 5.74) is 0.591. The van der Waals surface area contributed by atoms with Gasteiger partial charge < -0.3 is 19.7 Å². The molecule has 36 heavy (non-hydrogen) atoms. The fourth-order valence-electron chi connectivity index (χ4n) is 4.69. The number of likely N-dealkylation sites (tertiary alicyclic amines) is 1. The molecule has 12 nitrogen and oxygen atoms in total. The molecule has 12 heteroatoms. The Morgan fingerprint density at radius 1 is 1.14 bits per heavy atom. The Kier molecular flexibility index (Phi) is 6.32. The highest BCUT2D eigenvalue weighted by Gasteiger charge is 2.39. The van der Waals surface area contributed by atoms with E-state index in [2.05, 4.69) is 20.6 Å². The van der Waals surface area contributed by atoms with Crippen LogP contribution in [-0.2, 0) is 11.3 Å². The standard InChI is InChI=1S/C24H26N8O4/c1-29-9-7-26-22(34)19-5-3-8-30(24(19)36)13-18-14-32(28-27-18)20-15-31(12-17(20)10-21(29)33)23(35)16-4-2-6-25-11-16/h2-6,8,11,14,17,20H,7,9-10,12-13,15H2,1H3,(H,26,34)/t17-,20+/m0/s1. The summed E-state index contributed by atoms with van der Waals surface area (Å²) in [4.78, 5) is 58.9. The van der Waals surface area contributed by atoms with E-state index in [9.17, 15) is 19.2 Å². The fraction of sp³-hybridized carbons (Fsp3) is 0.375. The predicted octanol–water partition coefficient (Wildman–Crippen LogP) is -0.212. The van der Waals surface area contributed by atoms with Crippen LogP contribution < -0.4 is 10.9 Å². The molecule has 1 N–H and O–H groups in total. The number of pyridine rings is 2. The van der Waals surface area contributed by atoms with Crippen LogP contribution in [0.5, 0.6) is 0 Å². The molecule has 5 heterocycles. The van der Waals surface area contributed by atoms with Gasteiger partial charge in [-0.2, -0.15) is 0 Å². The predicted molar refractivity (Wildman–Crippen MR) is 127 cm³/mol. The van der Waals surface area contributed by atoms with Gasteiger partial charge in [0.1, 0.15) is 11.3 Å². The minimum Gasteiger partial charge on any atom is -0.350 e. The number of amides is 3. The molecule has 4 bridgehead atoms. The van der Waals surface area contributed by atoms with E-state index < -0.39 is 11.5 Å². The van der Waals surface area contributed by atoms with E-state index in [1.165, 1.54) is 16.8 Å². The maximum Gasteiger partial charge on any atom is 0.263 e. The van der Waals surface area contributed by atoms with Crippen LogP contribution in [0.4, 0.5) is 0 Å². The number of nitrogens with zero attached hydrogens (tertiary/aromatic N) is 7. The molecule has 0 saturated carbocycles. The van der Waals surface area contributed by atoms with Gasteiger partial charge in [-0.25, -0.2) is 4.68 Å². The number of aromatic nitrogens is 5. The van der Waals surface area contributed by atoms with Crippen molar-refractivity contribution in [2.24, 2.45) is 5.92 Å². The van der Waals surface area contributed by atoms with Crippen LogP contribution in [0.15, 0.2) is 53.8 Å². The molecule has 2 aliphatic rings. The van der Waals surface area contributed by atoms with Gasteiger partial charge >= 0.3 is 0 Å². The van der Waals surface area contributed by atoms with Crippen molar-refractivity contribution in [3.8, 4) is 0 Å². The van der Waals surface area contributed by atoms with Crippen LogP contribution in [-0.4, -0.2) is 85.3 Å². The molecule has 1 saturated heterocycles. The molecule has 3 aromatic heterocycles. The third-order valence-electron chi connectivity index (χ3n) is 6.69. The molecule has 0 radical (unpaired) electrons. The summed E-state index contributed by atoms with van der Waals surface area (Å²) >= 11 is 0. The third-order valence-corrected chi connectivity index (χ3v) is 6.69. The van der Waals surface area contributed by atoms with Gasteiger partial charge in [-0.05, 0) is 24.3 Å². The number of fused-ring (bicyclic) bond motifs is 6. The normalized spacial score (nSPS) is 20.7. The summed E-state index contributed by atoms with van der Waals surface area (Å²) in [6, 6.07) is 6.27. The first kappa shape index (κ1) is 23.4. The van der Waals surface area contributed by atoms with Crippen molar-refractivity contribution in [3.05, 3.63) is 76.2 Å². The highest BCUT2D eigenvalue weighted by molar-refractivity contribution is 5.94. The topological polar surface area (TPSA) is 135 Å². The Morgan fingerprint density at radius 2 is 2.00 bits per heavy atom. The average molecular weight is 491 g/mol. The lowest BCUT2D eigenvalue weighted by Crippen LogP contribution is -2.39. The first-order valence-corrected chi connectivity index (χ1v) is 11.7. The molecule has 5 rings (SSSR count). The van der Waals surface area contributed by atoms with Crippen molar-refractivity contribution < 1.29 is 14.4 Å². The maximum absolute atomic E-state index is 13.1. The van der Waals surface area contributed by atoms with Crippen LogP contribution >= 0.6 is 0 Å². The van der Waals surface area contributed by atoms with E-state index in [0.717, 1.165) is 0 Å². The van der Waals surface area contributed by atoms with Gasteiger partial charge in [-0.3, -0.25) is 24.2 Å². The fourth-order valence-corrected chi connectivity index (χ4v) is 4.69. The Morgan fingerprint density at radius 3 is 2.81 bits per heavy atom. The van der Waals surface area contributed by atoms with Crippen LogP contribution in [0.3, 0.4) is 0 Å². The number of hydrogen-bond acceptors (Lipinski definition) is 7. The van der Waals surface area contributed by atoms with Crippen LogP contribution in [0.1, 0.15) is 38.9 Å². The Balaban J connectivity index is 1.47. The molecule has 3 aromatic rings. The summed E-state index contributed by atoms with van der Waals surface area (Å²) < 4.78 is 3.09. The van der Waals surface area contributed by atoms with Gasteiger partial charge in [0.2, 0.25) is 5.91 Å². The molecule has 0 unspecified atom stereocenters. The summed E-state index contributed by atoms with van der Waals surface area (Å²) in [5, 5.41) is 11.2. The van der Waals surface area contributed by atoms with E-state index in [-0.39, 0.29) is 55.4 Å². The third kappa shape index (κ3) is 4.61. The monoisotopic (exact) mass is 490 g/mol. The zero-order valence-electron chi connectivity index (χ0n) is 19.8. The van der Waals surface area contributed by atoms with Crippen molar-refractivity contribution in [2.75, 3.05) is 33.2 Å². The zero-order valence-corrected chi connectivity index (χ0v) is 19.8. The van der Waals surface area contributed by atoms with Crippen LogP contribution in [0.2, 0.25) is 0 Å². The molecule has 2 atom stereocenters. The summed E-state index contributed by atoms with van der Waals surface area (Å²) in [5.74, 6) is -0.951. The first-order chi connectivity index (χ1) is 17.4. The lowest BCUT2D eigenvalue weighted by molar-refractivity contribution is -0.131. The largest absolute Gasteiger partial charge is 0.350 e. The van der Waals surface area contributed by atoms with Crippen molar-refractivity contribution in [1.82, 2.24) is 39.7 Å². The van der Waals surface area contributed by atoms with Gasteiger partial charge in [0.25, 0.3) is 17.4 Å². The number of nitrogens with one attached hydrogen (secondary N) is 1. The quantitative estimate of drug-likeness (QED) is 0.499. The Hall–Kier alpha value is -4.35. The Labute approximate surface area is 206 Å². The SMILES string of the molecule is CN1CCNC(=O)c2cccn(c2=O)Cc2cn(nn2)[C@@H]2CN(C(=O)c3cccnc3)C[C@@H]2CC1=O. The van der Waals surface area contributed by atoms with Crippen LogP contribution in [0, 0.1) is 5.92 Å². The summed E-state index contributed by atoms with van der Waals surface area (Å²) in [6.45, 7) is 1.37. The number of hydrogen-bond donors (Lipinski definition) is 1. The molecule has 3 amide bonds. The van der Waals surface area contributed by atoms with Gasteiger partial charge in [-0.15, -0.1) is 5.10 Å². The molecule has 0 aromatic carbocycles. The second-order valence-electron chi connectivity index (χ2n) is 9.10. The van der Waals surface area contributed by atoms with Crippen molar-refractivity contribution in [3.63, 3.8) is 0 Å². The highest BCUT2D eigenvalue weighted by atomic mass is 16.2. The molecular formula is C24H26N8O4. The molecule has 1 fully saturated rings. The van der Waals surface area contributed by atoms with Crippen molar-refractivity contribution >= 4 is 17.7 Å². The molecular weight excluding hydrogens is 464 g/mol. The Bertz CT molecular complexity index is 1350. The van der Waals surface area contributed by atoms with E-state index in [0.29, 0.717) is 24.3 Å². The number of carbonyl (C=O) groups is 3. The average Bonchev–Trinajstić information content (AvgIpc) is 3.51. The second kappa shape index (κ2) is 9.72. The van der Waals surface area contributed by atoms with E-state index in [1.807, 2.05) is 0 Å². The first-order valence-electron chi connectivity index (χ1n) is 11.7.